The van der Waals surface area contributed by atoms with Crippen LogP contribution in [0.4, 0.5) is 0 Å². The van der Waals surface area contributed by atoms with Gasteiger partial charge in [-0.2, -0.15) is 0 Å². The van der Waals surface area contributed by atoms with Crippen LogP contribution >= 0.6 is 11.3 Å². The Morgan fingerprint density at radius 3 is 2.82 bits per heavy atom. The standard InChI is InChI=1S/C12H22N4S/c1-3-13-8-11-9-14-12(17-11)10-16-6-4-15(2)5-7-16/h9,13H,3-8,10H2,1-2H3. The maximum atomic E-state index is 4.51. The molecule has 0 aromatic carbocycles. The molecule has 5 heteroatoms. The van der Waals surface area contributed by atoms with E-state index < -0.39 is 0 Å². The zero-order valence-corrected chi connectivity index (χ0v) is 11.6. The van der Waals surface area contributed by atoms with Crippen LogP contribution in [0.1, 0.15) is 16.8 Å². The van der Waals surface area contributed by atoms with Crippen molar-refractivity contribution < 1.29 is 0 Å². The fourth-order valence-electron chi connectivity index (χ4n) is 1.95. The first kappa shape index (κ1) is 13.0. The highest BCUT2D eigenvalue weighted by Gasteiger charge is 2.15. The lowest BCUT2D eigenvalue weighted by molar-refractivity contribution is 0.148. The first-order chi connectivity index (χ1) is 8.28. The number of hydrogen-bond donors (Lipinski definition) is 1. The van der Waals surface area contributed by atoms with Crippen LogP contribution in [-0.2, 0) is 13.1 Å². The van der Waals surface area contributed by atoms with Crippen molar-refractivity contribution in [3.05, 3.63) is 16.1 Å². The normalized spacial score (nSPS) is 18.7. The average Bonchev–Trinajstić information content (AvgIpc) is 2.77. The van der Waals surface area contributed by atoms with Crippen molar-refractivity contribution in [3.8, 4) is 0 Å². The summed E-state index contributed by atoms with van der Waals surface area (Å²) in [6.07, 6.45) is 2.01. The molecule has 1 aliphatic rings. The lowest BCUT2D eigenvalue weighted by Gasteiger charge is -2.31. The first-order valence-electron chi connectivity index (χ1n) is 6.33. The smallest absolute Gasteiger partial charge is 0.107 e. The van der Waals surface area contributed by atoms with E-state index >= 15 is 0 Å². The minimum atomic E-state index is 0.955. The highest BCUT2D eigenvalue weighted by atomic mass is 32.1. The SMILES string of the molecule is CCNCc1cnc(CN2CCN(C)CC2)s1. The van der Waals surface area contributed by atoms with Gasteiger partial charge >= 0.3 is 0 Å². The van der Waals surface area contributed by atoms with Gasteiger partial charge in [0.2, 0.25) is 0 Å². The summed E-state index contributed by atoms with van der Waals surface area (Å²) in [5.41, 5.74) is 0. The monoisotopic (exact) mass is 254 g/mol. The first-order valence-corrected chi connectivity index (χ1v) is 7.14. The molecule has 1 saturated heterocycles. The van der Waals surface area contributed by atoms with Crippen molar-refractivity contribution in [3.63, 3.8) is 0 Å². The van der Waals surface area contributed by atoms with Gasteiger partial charge in [0.15, 0.2) is 0 Å². The molecular formula is C12H22N4S. The fraction of sp³-hybridized carbons (Fsp3) is 0.750. The number of nitrogens with one attached hydrogen (secondary N) is 1. The molecule has 0 unspecified atom stereocenters. The average molecular weight is 254 g/mol. The van der Waals surface area contributed by atoms with Crippen LogP contribution in [0, 0.1) is 0 Å². The summed E-state index contributed by atoms with van der Waals surface area (Å²) < 4.78 is 0. The lowest BCUT2D eigenvalue weighted by Crippen LogP contribution is -2.43. The maximum absolute atomic E-state index is 4.51. The van der Waals surface area contributed by atoms with Gasteiger partial charge in [-0.25, -0.2) is 4.98 Å². The van der Waals surface area contributed by atoms with E-state index in [-0.39, 0.29) is 0 Å². The molecule has 0 radical (unpaired) electrons. The predicted molar refractivity (Wildman–Crippen MR) is 72.3 cm³/mol. The van der Waals surface area contributed by atoms with Crippen LogP contribution in [0.5, 0.6) is 0 Å². The summed E-state index contributed by atoms with van der Waals surface area (Å²) in [5, 5.41) is 4.59. The lowest BCUT2D eigenvalue weighted by atomic mass is 10.3. The summed E-state index contributed by atoms with van der Waals surface area (Å²) in [4.78, 5) is 10.7. The van der Waals surface area contributed by atoms with Gasteiger partial charge < -0.3 is 10.2 Å². The fourth-order valence-corrected chi connectivity index (χ4v) is 2.88. The van der Waals surface area contributed by atoms with E-state index in [9.17, 15) is 0 Å². The van der Waals surface area contributed by atoms with Crippen molar-refractivity contribution in [2.45, 2.75) is 20.0 Å². The summed E-state index contributed by atoms with van der Waals surface area (Å²) in [6, 6.07) is 0. The van der Waals surface area contributed by atoms with Crippen LogP contribution in [0.2, 0.25) is 0 Å². The number of hydrogen-bond acceptors (Lipinski definition) is 5. The van der Waals surface area contributed by atoms with Gasteiger partial charge in [-0.1, -0.05) is 6.92 Å². The molecule has 0 bridgehead atoms. The van der Waals surface area contributed by atoms with Crippen molar-refractivity contribution in [2.75, 3.05) is 39.8 Å². The molecule has 1 aromatic heterocycles. The summed E-state index contributed by atoms with van der Waals surface area (Å²) in [6.45, 7) is 9.81. The Bertz CT molecular complexity index is 331. The highest BCUT2D eigenvalue weighted by molar-refractivity contribution is 7.11. The topological polar surface area (TPSA) is 31.4 Å². The van der Waals surface area contributed by atoms with Crippen LogP contribution in [0.15, 0.2) is 6.20 Å². The van der Waals surface area contributed by atoms with E-state index in [1.54, 1.807) is 0 Å². The van der Waals surface area contributed by atoms with Crippen LogP contribution < -0.4 is 5.32 Å². The molecule has 1 fully saturated rings. The van der Waals surface area contributed by atoms with Gasteiger partial charge in [-0.05, 0) is 13.6 Å². The van der Waals surface area contributed by atoms with Gasteiger partial charge in [0.25, 0.3) is 0 Å². The Balaban J connectivity index is 1.80. The zero-order valence-electron chi connectivity index (χ0n) is 10.8. The molecule has 2 heterocycles. The van der Waals surface area contributed by atoms with E-state index in [2.05, 4.69) is 34.1 Å². The van der Waals surface area contributed by atoms with Crippen molar-refractivity contribution in [1.29, 1.82) is 0 Å². The minimum absolute atomic E-state index is 0.955. The highest BCUT2D eigenvalue weighted by Crippen LogP contribution is 2.15. The minimum Gasteiger partial charge on any atom is -0.312 e. The van der Waals surface area contributed by atoms with Crippen LogP contribution in [0.25, 0.3) is 0 Å². The molecule has 0 aliphatic carbocycles. The summed E-state index contributed by atoms with van der Waals surface area (Å²) in [5.74, 6) is 0. The Morgan fingerprint density at radius 2 is 2.12 bits per heavy atom. The van der Waals surface area contributed by atoms with Crippen molar-refractivity contribution in [2.24, 2.45) is 0 Å². The number of thiazole rings is 1. The Labute approximate surface area is 108 Å². The number of piperazine rings is 1. The van der Waals surface area contributed by atoms with E-state index in [1.807, 2.05) is 17.5 Å². The van der Waals surface area contributed by atoms with E-state index in [0.29, 0.717) is 0 Å². The molecule has 1 N–H and O–H groups in total. The van der Waals surface area contributed by atoms with Crippen LogP contribution in [-0.4, -0.2) is 54.6 Å². The third-order valence-electron chi connectivity index (χ3n) is 3.11. The van der Waals surface area contributed by atoms with Gasteiger partial charge in [0.1, 0.15) is 5.01 Å². The molecule has 0 atom stereocenters. The van der Waals surface area contributed by atoms with Crippen molar-refractivity contribution >= 4 is 11.3 Å². The number of rotatable bonds is 5. The largest absolute Gasteiger partial charge is 0.312 e. The second kappa shape index (κ2) is 6.44. The second-order valence-corrected chi connectivity index (χ2v) is 5.78. The van der Waals surface area contributed by atoms with Gasteiger partial charge in [-0.3, -0.25) is 4.90 Å². The maximum Gasteiger partial charge on any atom is 0.107 e. The molecule has 0 spiro atoms. The molecule has 1 aromatic rings. The van der Waals surface area contributed by atoms with E-state index in [0.717, 1.165) is 19.6 Å². The van der Waals surface area contributed by atoms with Gasteiger partial charge in [0.05, 0.1) is 6.54 Å². The number of aromatic nitrogens is 1. The van der Waals surface area contributed by atoms with Crippen LogP contribution in [0.3, 0.4) is 0 Å². The molecule has 4 nitrogen and oxygen atoms in total. The zero-order chi connectivity index (χ0) is 12.1. The summed E-state index contributed by atoms with van der Waals surface area (Å²) >= 11 is 1.84. The van der Waals surface area contributed by atoms with E-state index in [4.69, 9.17) is 0 Å². The molecule has 96 valence electrons. The predicted octanol–water partition coefficient (Wildman–Crippen LogP) is 1.000. The Morgan fingerprint density at radius 1 is 1.35 bits per heavy atom. The van der Waals surface area contributed by atoms with E-state index in [1.165, 1.54) is 36.1 Å². The molecule has 17 heavy (non-hydrogen) atoms. The second-order valence-electron chi connectivity index (χ2n) is 4.58. The molecule has 1 aliphatic heterocycles. The number of likely N-dealkylation sites (N-methyl/N-ethyl adjacent to an activating group) is 1. The third-order valence-corrected chi connectivity index (χ3v) is 4.09. The number of nitrogens with zero attached hydrogens (tertiary/aromatic N) is 3. The third kappa shape index (κ3) is 4.03. The molecule has 0 amide bonds. The van der Waals surface area contributed by atoms with Gasteiger partial charge in [-0.15, -0.1) is 11.3 Å². The molecule has 0 saturated carbocycles. The molecule has 2 rings (SSSR count). The van der Waals surface area contributed by atoms with Gasteiger partial charge in [0, 0.05) is 43.8 Å². The van der Waals surface area contributed by atoms with Crippen molar-refractivity contribution in [1.82, 2.24) is 20.1 Å². The quantitative estimate of drug-likeness (QED) is 0.849. The Kier molecular flexibility index (Phi) is 4.91. The molecular weight excluding hydrogens is 232 g/mol. The Hall–Kier alpha value is -0.490. The summed E-state index contributed by atoms with van der Waals surface area (Å²) in [7, 11) is 2.19.